The number of nitrogens with zero attached hydrogens (tertiary/aromatic N) is 2. The molecule has 0 unspecified atom stereocenters. The van der Waals surface area contributed by atoms with Gasteiger partial charge in [0.05, 0.1) is 13.0 Å². The van der Waals surface area contributed by atoms with Crippen LogP contribution in [0.5, 0.6) is 0 Å². The maximum atomic E-state index is 12.6. The van der Waals surface area contributed by atoms with Crippen LogP contribution in [0.15, 0.2) is 53.5 Å². The number of aliphatic imine (C=N–C) groups is 1. The van der Waals surface area contributed by atoms with E-state index in [0.717, 1.165) is 16.5 Å². The van der Waals surface area contributed by atoms with Gasteiger partial charge in [-0.2, -0.15) is 0 Å². The Labute approximate surface area is 147 Å². The molecule has 1 amide bonds. The van der Waals surface area contributed by atoms with Crippen LogP contribution in [0.3, 0.4) is 0 Å². The van der Waals surface area contributed by atoms with Crippen molar-refractivity contribution in [2.75, 3.05) is 13.1 Å². The van der Waals surface area contributed by atoms with Crippen LogP contribution in [-0.2, 0) is 17.0 Å². The lowest BCUT2D eigenvalue weighted by Gasteiger charge is -2.18. The van der Waals surface area contributed by atoms with Crippen molar-refractivity contribution in [3.05, 3.63) is 70.8 Å². The number of carbonyl (C=O) groups is 1. The number of hydrogen-bond acceptors (Lipinski definition) is 3. The molecule has 4 heteroatoms. The van der Waals surface area contributed by atoms with Crippen LogP contribution in [0, 0.1) is 13.8 Å². The van der Waals surface area contributed by atoms with E-state index in [1.807, 2.05) is 30.0 Å². The number of hydrogen-bond donors (Lipinski definition) is 0. The number of benzene rings is 2. The van der Waals surface area contributed by atoms with E-state index in [4.69, 9.17) is 0 Å². The summed E-state index contributed by atoms with van der Waals surface area (Å²) in [5.41, 5.74) is 4.77. The van der Waals surface area contributed by atoms with Gasteiger partial charge in [-0.3, -0.25) is 14.7 Å². The number of amidine groups is 1. The SMILES string of the molecule is Cc1ccc(CSC2=NCCN2C(=O)Cc2cccc(C)c2)cc1. The Hall–Kier alpha value is -2.07. The van der Waals surface area contributed by atoms with E-state index in [0.29, 0.717) is 19.5 Å². The van der Waals surface area contributed by atoms with Crippen LogP contribution in [0.4, 0.5) is 0 Å². The molecule has 3 rings (SSSR count). The average Bonchev–Trinajstić information content (AvgIpc) is 3.03. The van der Waals surface area contributed by atoms with Gasteiger partial charge in [-0.1, -0.05) is 71.4 Å². The number of rotatable bonds is 4. The van der Waals surface area contributed by atoms with E-state index in [2.05, 4.69) is 42.2 Å². The zero-order valence-corrected chi connectivity index (χ0v) is 15.0. The van der Waals surface area contributed by atoms with Gasteiger partial charge in [0.1, 0.15) is 0 Å². The molecule has 0 N–H and O–H groups in total. The minimum atomic E-state index is 0.133. The van der Waals surface area contributed by atoms with Crippen molar-refractivity contribution in [1.82, 2.24) is 4.90 Å². The van der Waals surface area contributed by atoms with E-state index in [1.165, 1.54) is 16.7 Å². The first-order valence-corrected chi connectivity index (χ1v) is 9.19. The Balaban J connectivity index is 1.60. The lowest BCUT2D eigenvalue weighted by molar-refractivity contribution is -0.126. The Morgan fingerprint density at radius 2 is 1.88 bits per heavy atom. The smallest absolute Gasteiger partial charge is 0.233 e. The number of carbonyl (C=O) groups excluding carboxylic acids is 1. The van der Waals surface area contributed by atoms with Crippen LogP contribution in [0.2, 0.25) is 0 Å². The number of amides is 1. The Morgan fingerprint density at radius 3 is 2.62 bits per heavy atom. The molecule has 1 heterocycles. The van der Waals surface area contributed by atoms with Crippen molar-refractivity contribution >= 4 is 22.8 Å². The molecule has 0 atom stereocenters. The Bertz CT molecular complexity index is 752. The highest BCUT2D eigenvalue weighted by atomic mass is 32.2. The monoisotopic (exact) mass is 338 g/mol. The molecule has 2 aromatic carbocycles. The highest BCUT2D eigenvalue weighted by Gasteiger charge is 2.24. The van der Waals surface area contributed by atoms with Gasteiger partial charge in [0.25, 0.3) is 0 Å². The standard InChI is InChI=1S/C20H22N2OS/c1-15-6-8-17(9-7-15)14-24-20-21-10-11-22(20)19(23)13-18-5-3-4-16(2)12-18/h3-9,12H,10-11,13-14H2,1-2H3. The molecule has 0 aliphatic carbocycles. The highest BCUT2D eigenvalue weighted by Crippen LogP contribution is 2.21. The first-order chi connectivity index (χ1) is 11.6. The van der Waals surface area contributed by atoms with Crippen LogP contribution in [-0.4, -0.2) is 29.1 Å². The Morgan fingerprint density at radius 1 is 1.08 bits per heavy atom. The summed E-state index contributed by atoms with van der Waals surface area (Å²) in [6.07, 6.45) is 0.436. The number of thioether (sulfide) groups is 1. The fraction of sp³-hybridized carbons (Fsp3) is 0.300. The quantitative estimate of drug-likeness (QED) is 0.845. The van der Waals surface area contributed by atoms with Gasteiger partial charge < -0.3 is 0 Å². The van der Waals surface area contributed by atoms with Crippen LogP contribution in [0.25, 0.3) is 0 Å². The lowest BCUT2D eigenvalue weighted by Crippen LogP contribution is -2.34. The minimum absolute atomic E-state index is 0.133. The fourth-order valence-electron chi connectivity index (χ4n) is 2.71. The zero-order valence-electron chi connectivity index (χ0n) is 14.2. The minimum Gasteiger partial charge on any atom is -0.289 e. The van der Waals surface area contributed by atoms with Crippen molar-refractivity contribution < 1.29 is 4.79 Å². The summed E-state index contributed by atoms with van der Waals surface area (Å²) < 4.78 is 0. The third-order valence-electron chi connectivity index (χ3n) is 4.03. The number of aryl methyl sites for hydroxylation is 2. The summed E-state index contributed by atoms with van der Waals surface area (Å²) >= 11 is 1.65. The summed E-state index contributed by atoms with van der Waals surface area (Å²) in [6, 6.07) is 16.6. The Kier molecular flexibility index (Phi) is 5.36. The van der Waals surface area contributed by atoms with E-state index >= 15 is 0 Å². The topological polar surface area (TPSA) is 32.7 Å². The van der Waals surface area contributed by atoms with Gasteiger partial charge in [-0.15, -0.1) is 0 Å². The van der Waals surface area contributed by atoms with Crippen molar-refractivity contribution in [1.29, 1.82) is 0 Å². The predicted molar refractivity (Wildman–Crippen MR) is 101 cm³/mol. The molecule has 0 fully saturated rings. The normalized spacial score (nSPS) is 13.9. The molecule has 0 spiro atoms. The molecule has 0 saturated heterocycles. The van der Waals surface area contributed by atoms with Gasteiger partial charge in [-0.05, 0) is 25.0 Å². The average molecular weight is 338 g/mol. The van der Waals surface area contributed by atoms with Crippen molar-refractivity contribution in [2.24, 2.45) is 4.99 Å². The summed E-state index contributed by atoms with van der Waals surface area (Å²) in [4.78, 5) is 19.0. The summed E-state index contributed by atoms with van der Waals surface area (Å²) in [6.45, 7) is 5.54. The van der Waals surface area contributed by atoms with Gasteiger partial charge >= 0.3 is 0 Å². The van der Waals surface area contributed by atoms with Crippen LogP contribution < -0.4 is 0 Å². The molecule has 24 heavy (non-hydrogen) atoms. The molecule has 0 radical (unpaired) electrons. The van der Waals surface area contributed by atoms with Gasteiger partial charge in [-0.25, -0.2) is 0 Å². The maximum Gasteiger partial charge on any atom is 0.233 e. The van der Waals surface area contributed by atoms with Crippen LogP contribution in [0.1, 0.15) is 22.3 Å². The maximum absolute atomic E-state index is 12.6. The summed E-state index contributed by atoms with van der Waals surface area (Å²) in [5.74, 6) is 0.973. The van der Waals surface area contributed by atoms with Gasteiger partial charge in [0.2, 0.25) is 5.91 Å². The molecule has 0 aromatic heterocycles. The third-order valence-corrected chi connectivity index (χ3v) is 5.11. The van der Waals surface area contributed by atoms with Gasteiger partial charge in [0.15, 0.2) is 5.17 Å². The molecule has 0 bridgehead atoms. The zero-order chi connectivity index (χ0) is 16.9. The second kappa shape index (κ2) is 7.67. The molecule has 1 aliphatic rings. The molecule has 2 aromatic rings. The second-order valence-electron chi connectivity index (χ2n) is 6.15. The molecular weight excluding hydrogens is 316 g/mol. The fourth-order valence-corrected chi connectivity index (χ4v) is 3.73. The largest absolute Gasteiger partial charge is 0.289 e. The summed E-state index contributed by atoms with van der Waals surface area (Å²) in [5, 5.41) is 0.855. The summed E-state index contributed by atoms with van der Waals surface area (Å²) in [7, 11) is 0. The molecule has 3 nitrogen and oxygen atoms in total. The molecule has 0 saturated carbocycles. The first-order valence-electron chi connectivity index (χ1n) is 8.20. The highest BCUT2D eigenvalue weighted by molar-refractivity contribution is 8.13. The molecule has 124 valence electrons. The first kappa shape index (κ1) is 16.8. The van der Waals surface area contributed by atoms with Gasteiger partial charge in [0, 0.05) is 12.3 Å². The van der Waals surface area contributed by atoms with Crippen molar-refractivity contribution in [3.8, 4) is 0 Å². The third kappa shape index (κ3) is 4.26. The van der Waals surface area contributed by atoms with Crippen molar-refractivity contribution in [2.45, 2.75) is 26.0 Å². The second-order valence-corrected chi connectivity index (χ2v) is 7.09. The van der Waals surface area contributed by atoms with E-state index in [1.54, 1.807) is 11.8 Å². The lowest BCUT2D eigenvalue weighted by atomic mass is 10.1. The molecular formula is C20H22N2OS. The predicted octanol–water partition coefficient (Wildman–Crippen LogP) is 3.98. The van der Waals surface area contributed by atoms with E-state index < -0.39 is 0 Å². The van der Waals surface area contributed by atoms with Crippen molar-refractivity contribution in [3.63, 3.8) is 0 Å². The van der Waals surface area contributed by atoms with E-state index in [-0.39, 0.29) is 5.91 Å². The van der Waals surface area contributed by atoms with Crippen LogP contribution >= 0.6 is 11.8 Å². The van der Waals surface area contributed by atoms with E-state index in [9.17, 15) is 4.79 Å². The molecule has 1 aliphatic heterocycles.